The number of carbonyl (C=O) groups is 3. The number of amides is 1. The van der Waals surface area contributed by atoms with Crippen LogP contribution in [0.4, 0.5) is 5.69 Å². The number of anilines is 1. The van der Waals surface area contributed by atoms with Gasteiger partial charge in [-0.25, -0.2) is 9.59 Å². The van der Waals surface area contributed by atoms with Crippen LogP contribution in [0.5, 0.6) is 0 Å². The van der Waals surface area contributed by atoms with E-state index in [-0.39, 0.29) is 12.5 Å². The molecule has 0 radical (unpaired) electrons. The van der Waals surface area contributed by atoms with E-state index in [9.17, 15) is 24.6 Å². The molecule has 158 valence electrons. The van der Waals surface area contributed by atoms with E-state index in [1.54, 1.807) is 25.1 Å². The Labute approximate surface area is 179 Å². The van der Waals surface area contributed by atoms with Crippen molar-refractivity contribution in [2.45, 2.75) is 19.8 Å². The number of hydrogen-bond acceptors (Lipinski definition) is 4. The number of benzene rings is 1. The van der Waals surface area contributed by atoms with E-state index >= 15 is 0 Å². The van der Waals surface area contributed by atoms with E-state index in [1.165, 1.54) is 4.90 Å². The number of carboxylic acid groups (broad SMARTS) is 2. The molecule has 1 fully saturated rings. The van der Waals surface area contributed by atoms with Crippen LogP contribution in [0.25, 0.3) is 0 Å². The molecule has 2 N–H and O–H groups in total. The summed E-state index contributed by atoms with van der Waals surface area (Å²) >= 11 is 12.3. The summed E-state index contributed by atoms with van der Waals surface area (Å²) in [4.78, 5) is 40.2. The molecule has 2 rings (SSSR count). The van der Waals surface area contributed by atoms with Gasteiger partial charge in [-0.1, -0.05) is 23.2 Å². The molecule has 1 unspecified atom stereocenters. The predicted molar refractivity (Wildman–Crippen MR) is 112 cm³/mol. The first-order valence-electron chi connectivity index (χ1n) is 9.28. The highest BCUT2D eigenvalue weighted by Gasteiger charge is 2.39. The second kappa shape index (κ2) is 10.1. The third-order valence-corrected chi connectivity index (χ3v) is 5.70. The van der Waals surface area contributed by atoms with E-state index in [0.717, 1.165) is 0 Å². The minimum atomic E-state index is -1.42. The smallest absolute Gasteiger partial charge is 0.332 e. The van der Waals surface area contributed by atoms with E-state index in [0.29, 0.717) is 47.7 Å². The van der Waals surface area contributed by atoms with Crippen molar-refractivity contribution in [2.75, 3.05) is 31.6 Å². The fourth-order valence-corrected chi connectivity index (χ4v) is 4.06. The van der Waals surface area contributed by atoms with Crippen molar-refractivity contribution in [3.05, 3.63) is 39.9 Å². The molecule has 1 aromatic rings. The number of hydrogen-bond donors (Lipinski definition) is 2. The van der Waals surface area contributed by atoms with Gasteiger partial charge in [0.15, 0.2) is 0 Å². The molecular formula is C20H24Cl2N2O5. The molecule has 0 bridgehead atoms. The van der Waals surface area contributed by atoms with Gasteiger partial charge in [0.25, 0.3) is 0 Å². The molecule has 9 heteroatoms. The maximum Gasteiger partial charge on any atom is 0.332 e. The van der Waals surface area contributed by atoms with Crippen LogP contribution in [0.3, 0.4) is 0 Å². The molecule has 0 aromatic heterocycles. The molecule has 29 heavy (non-hydrogen) atoms. The SMILES string of the molecule is CCN(C(=O)C(/C(=C\C(=O)O)C(=O)O)C1CCN(C)CC1)c1cc(Cl)ccc1Cl. The van der Waals surface area contributed by atoms with Crippen LogP contribution in [0.15, 0.2) is 29.8 Å². The van der Waals surface area contributed by atoms with Gasteiger partial charge in [0.1, 0.15) is 0 Å². The highest BCUT2D eigenvalue weighted by Crippen LogP contribution is 2.36. The summed E-state index contributed by atoms with van der Waals surface area (Å²) in [6, 6.07) is 4.69. The molecule has 1 saturated heterocycles. The normalized spacial score (nSPS) is 17.0. The van der Waals surface area contributed by atoms with E-state index in [4.69, 9.17) is 23.2 Å². The molecule has 1 aliphatic rings. The maximum absolute atomic E-state index is 13.6. The standard InChI is InChI=1S/C20H24Cl2N2O5/c1-3-24(16-10-13(21)4-5-15(16)22)19(27)18(12-6-8-23(2)9-7-12)14(20(28)29)11-17(25)26/h4-5,10-12,18H,3,6-9H2,1-2H3,(H,25,26)(H,28,29)/b14-11+. The Balaban J connectivity index is 2.53. The Morgan fingerprint density at radius 3 is 2.38 bits per heavy atom. The van der Waals surface area contributed by atoms with Gasteiger partial charge in [-0.15, -0.1) is 0 Å². The first-order chi connectivity index (χ1) is 13.6. The molecule has 1 atom stereocenters. The van der Waals surface area contributed by atoms with Crippen LogP contribution >= 0.6 is 23.2 Å². The molecule has 0 aliphatic carbocycles. The molecule has 0 saturated carbocycles. The number of carbonyl (C=O) groups excluding carboxylic acids is 1. The zero-order valence-corrected chi connectivity index (χ0v) is 17.8. The highest BCUT2D eigenvalue weighted by atomic mass is 35.5. The van der Waals surface area contributed by atoms with Crippen molar-refractivity contribution >= 4 is 46.7 Å². The zero-order valence-electron chi connectivity index (χ0n) is 16.3. The van der Waals surface area contributed by atoms with Gasteiger partial charge in [0.05, 0.1) is 22.2 Å². The van der Waals surface area contributed by atoms with Crippen LogP contribution < -0.4 is 4.90 Å². The average Bonchev–Trinajstić information content (AvgIpc) is 2.65. The molecule has 0 spiro atoms. The van der Waals surface area contributed by atoms with E-state index in [1.807, 2.05) is 7.05 Å². The second-order valence-corrected chi connectivity index (χ2v) is 7.88. The molecule has 1 heterocycles. The Kier molecular flexibility index (Phi) is 8.07. The molecular weight excluding hydrogens is 419 g/mol. The topological polar surface area (TPSA) is 98.2 Å². The Morgan fingerprint density at radius 2 is 1.86 bits per heavy atom. The number of piperidine rings is 1. The number of rotatable bonds is 7. The monoisotopic (exact) mass is 442 g/mol. The van der Waals surface area contributed by atoms with Crippen LogP contribution in [-0.4, -0.2) is 59.6 Å². The summed E-state index contributed by atoms with van der Waals surface area (Å²) < 4.78 is 0. The lowest BCUT2D eigenvalue weighted by atomic mass is 9.78. The van der Waals surface area contributed by atoms with Crippen molar-refractivity contribution in [3.8, 4) is 0 Å². The quantitative estimate of drug-likeness (QED) is 0.627. The summed E-state index contributed by atoms with van der Waals surface area (Å²) in [6.45, 7) is 3.35. The highest BCUT2D eigenvalue weighted by molar-refractivity contribution is 6.35. The van der Waals surface area contributed by atoms with Gasteiger partial charge < -0.3 is 20.0 Å². The lowest BCUT2D eigenvalue weighted by Crippen LogP contribution is -2.44. The number of aliphatic carboxylic acids is 2. The summed E-state index contributed by atoms with van der Waals surface area (Å²) in [6.07, 6.45) is 1.78. The van der Waals surface area contributed by atoms with Gasteiger partial charge in [-0.3, -0.25) is 4.79 Å². The lowest BCUT2D eigenvalue weighted by Gasteiger charge is -2.36. The third kappa shape index (κ3) is 5.72. The molecule has 7 nitrogen and oxygen atoms in total. The summed E-state index contributed by atoms with van der Waals surface area (Å²) in [5.74, 6) is -4.73. The van der Waals surface area contributed by atoms with Gasteiger partial charge in [0, 0.05) is 17.6 Å². The van der Waals surface area contributed by atoms with Crippen LogP contribution in [0.2, 0.25) is 10.0 Å². The first-order valence-corrected chi connectivity index (χ1v) is 10.0. The average molecular weight is 443 g/mol. The largest absolute Gasteiger partial charge is 0.478 e. The van der Waals surface area contributed by atoms with E-state index < -0.39 is 29.3 Å². The summed E-state index contributed by atoms with van der Waals surface area (Å²) in [5.41, 5.74) is -0.0571. The minimum absolute atomic E-state index is 0.224. The number of carboxylic acids is 2. The van der Waals surface area contributed by atoms with Crippen LogP contribution in [0.1, 0.15) is 19.8 Å². The summed E-state index contributed by atoms with van der Waals surface area (Å²) in [5, 5.41) is 19.6. The minimum Gasteiger partial charge on any atom is -0.478 e. The molecule has 1 amide bonds. The first kappa shape index (κ1) is 23.2. The Bertz CT molecular complexity index is 819. The van der Waals surface area contributed by atoms with E-state index in [2.05, 4.69) is 4.90 Å². The Hall–Kier alpha value is -2.09. The van der Waals surface area contributed by atoms with Crippen molar-refractivity contribution in [3.63, 3.8) is 0 Å². The third-order valence-electron chi connectivity index (χ3n) is 5.14. The van der Waals surface area contributed by atoms with Gasteiger partial charge in [-0.05, 0) is 64.0 Å². The number of nitrogens with zero attached hydrogens (tertiary/aromatic N) is 2. The van der Waals surface area contributed by atoms with Crippen molar-refractivity contribution < 1.29 is 24.6 Å². The Morgan fingerprint density at radius 1 is 1.24 bits per heavy atom. The van der Waals surface area contributed by atoms with Crippen molar-refractivity contribution in [1.29, 1.82) is 0 Å². The lowest BCUT2D eigenvalue weighted by molar-refractivity contribution is -0.137. The van der Waals surface area contributed by atoms with Crippen molar-refractivity contribution in [2.24, 2.45) is 11.8 Å². The zero-order chi connectivity index (χ0) is 21.7. The van der Waals surface area contributed by atoms with Gasteiger partial charge in [-0.2, -0.15) is 0 Å². The predicted octanol–water partition coefficient (Wildman–Crippen LogP) is 3.40. The second-order valence-electron chi connectivity index (χ2n) is 7.04. The van der Waals surface area contributed by atoms with Crippen LogP contribution in [0, 0.1) is 11.8 Å². The van der Waals surface area contributed by atoms with Crippen LogP contribution in [-0.2, 0) is 14.4 Å². The summed E-state index contributed by atoms with van der Waals surface area (Å²) in [7, 11) is 1.95. The fourth-order valence-electron chi connectivity index (χ4n) is 3.67. The van der Waals surface area contributed by atoms with Crippen molar-refractivity contribution in [1.82, 2.24) is 4.90 Å². The molecule has 1 aromatic carbocycles. The fraction of sp³-hybridized carbons (Fsp3) is 0.450. The number of likely N-dealkylation sites (tertiary alicyclic amines) is 1. The van der Waals surface area contributed by atoms with Gasteiger partial charge in [0.2, 0.25) is 5.91 Å². The number of halogens is 2. The molecule has 1 aliphatic heterocycles. The maximum atomic E-state index is 13.6. The van der Waals surface area contributed by atoms with Gasteiger partial charge >= 0.3 is 11.9 Å².